The molecule has 0 amide bonds. The highest BCUT2D eigenvalue weighted by Gasteiger charge is 2.18. The average molecular weight is 370 g/mol. The van der Waals surface area contributed by atoms with Crippen molar-refractivity contribution in [2.75, 3.05) is 20.8 Å². The fourth-order valence-electron chi connectivity index (χ4n) is 2.59. The Kier molecular flexibility index (Phi) is 7.28. The molecule has 25 heavy (non-hydrogen) atoms. The molecule has 0 saturated heterocycles. The summed E-state index contributed by atoms with van der Waals surface area (Å²) >= 11 is 1.70. The number of alkyl halides is 2. The fraction of sp³-hybridized carbons (Fsp3) is 0.500. The Morgan fingerprint density at radius 2 is 2.08 bits per heavy atom. The standard InChI is InChI=1S/C18H24F2N2O2S/c1-12-17(25-16(21-12)8-9-23-4)13(2)22(3)11-14-6-5-7-15(10-14)24-18(19)20/h5-7,10,13,18H,8-9,11H2,1-4H3. The highest BCUT2D eigenvalue weighted by Crippen LogP contribution is 2.30. The fourth-order valence-corrected chi connectivity index (χ4v) is 3.76. The normalized spacial score (nSPS) is 12.8. The molecule has 1 heterocycles. The Morgan fingerprint density at radius 1 is 1.32 bits per heavy atom. The van der Waals surface area contributed by atoms with Crippen LogP contribution in [0.4, 0.5) is 8.78 Å². The summed E-state index contributed by atoms with van der Waals surface area (Å²) in [6, 6.07) is 7.00. The average Bonchev–Trinajstić information content (AvgIpc) is 2.92. The first kappa shape index (κ1) is 19.8. The van der Waals surface area contributed by atoms with E-state index in [0.29, 0.717) is 13.2 Å². The van der Waals surface area contributed by atoms with Gasteiger partial charge in [0, 0.05) is 31.0 Å². The molecule has 7 heteroatoms. The van der Waals surface area contributed by atoms with Gasteiger partial charge in [0.2, 0.25) is 0 Å². The van der Waals surface area contributed by atoms with Gasteiger partial charge in [0.05, 0.1) is 17.3 Å². The molecule has 0 aliphatic carbocycles. The van der Waals surface area contributed by atoms with Crippen LogP contribution in [0.1, 0.15) is 34.1 Å². The van der Waals surface area contributed by atoms with Gasteiger partial charge in [0.25, 0.3) is 0 Å². The Bertz CT molecular complexity index is 679. The van der Waals surface area contributed by atoms with Crippen molar-refractivity contribution in [3.63, 3.8) is 0 Å². The van der Waals surface area contributed by atoms with E-state index in [4.69, 9.17) is 4.74 Å². The molecular weight excluding hydrogens is 346 g/mol. The van der Waals surface area contributed by atoms with Crippen LogP contribution in [-0.2, 0) is 17.7 Å². The predicted molar refractivity (Wildman–Crippen MR) is 95.4 cm³/mol. The molecule has 2 aromatic rings. The molecule has 0 saturated carbocycles. The SMILES string of the molecule is COCCc1nc(C)c(C(C)N(C)Cc2cccc(OC(F)F)c2)s1. The number of halogens is 2. The van der Waals surface area contributed by atoms with Crippen LogP contribution in [-0.4, -0.2) is 37.3 Å². The first-order valence-electron chi connectivity index (χ1n) is 8.09. The van der Waals surface area contributed by atoms with Gasteiger partial charge >= 0.3 is 6.61 Å². The number of hydrogen-bond donors (Lipinski definition) is 0. The zero-order chi connectivity index (χ0) is 18.4. The summed E-state index contributed by atoms with van der Waals surface area (Å²) in [5, 5.41) is 1.07. The van der Waals surface area contributed by atoms with Gasteiger partial charge in [0.15, 0.2) is 0 Å². The third-order valence-corrected chi connectivity index (χ3v) is 5.38. The van der Waals surface area contributed by atoms with Crippen LogP contribution in [0.15, 0.2) is 24.3 Å². The van der Waals surface area contributed by atoms with Crippen LogP contribution in [0.25, 0.3) is 0 Å². The van der Waals surface area contributed by atoms with E-state index in [9.17, 15) is 8.78 Å². The molecule has 1 unspecified atom stereocenters. The van der Waals surface area contributed by atoms with E-state index in [1.807, 2.05) is 20.0 Å². The molecule has 1 atom stereocenters. The number of ether oxygens (including phenoxy) is 2. The lowest BCUT2D eigenvalue weighted by Gasteiger charge is -2.24. The molecule has 1 aromatic heterocycles. The van der Waals surface area contributed by atoms with E-state index >= 15 is 0 Å². The molecule has 0 spiro atoms. The van der Waals surface area contributed by atoms with Crippen LogP contribution >= 0.6 is 11.3 Å². The maximum Gasteiger partial charge on any atom is 0.387 e. The van der Waals surface area contributed by atoms with Crippen molar-refractivity contribution >= 4 is 11.3 Å². The van der Waals surface area contributed by atoms with E-state index < -0.39 is 6.61 Å². The van der Waals surface area contributed by atoms with Crippen LogP contribution in [0.5, 0.6) is 5.75 Å². The van der Waals surface area contributed by atoms with E-state index in [0.717, 1.165) is 22.7 Å². The third-order valence-electron chi connectivity index (χ3n) is 3.99. The molecule has 0 radical (unpaired) electrons. The smallest absolute Gasteiger partial charge is 0.387 e. The van der Waals surface area contributed by atoms with Crippen molar-refractivity contribution in [3.05, 3.63) is 45.4 Å². The summed E-state index contributed by atoms with van der Waals surface area (Å²) in [5.41, 5.74) is 1.96. The second kappa shape index (κ2) is 9.22. The van der Waals surface area contributed by atoms with Crippen molar-refractivity contribution < 1.29 is 18.3 Å². The van der Waals surface area contributed by atoms with Gasteiger partial charge in [-0.05, 0) is 38.6 Å². The number of nitrogens with zero attached hydrogens (tertiary/aromatic N) is 2. The minimum atomic E-state index is -2.81. The zero-order valence-electron chi connectivity index (χ0n) is 15.0. The van der Waals surface area contributed by atoms with Crippen molar-refractivity contribution in [3.8, 4) is 5.75 Å². The summed E-state index contributed by atoms with van der Waals surface area (Å²) in [6.45, 7) is 2.63. The number of thiazole rings is 1. The summed E-state index contributed by atoms with van der Waals surface area (Å²) in [5.74, 6) is 0.185. The molecule has 0 N–H and O–H groups in total. The Morgan fingerprint density at radius 3 is 2.76 bits per heavy atom. The molecule has 4 nitrogen and oxygen atoms in total. The number of rotatable bonds is 9. The molecule has 0 fully saturated rings. The summed E-state index contributed by atoms with van der Waals surface area (Å²) in [7, 11) is 3.70. The third kappa shape index (κ3) is 5.73. The van der Waals surface area contributed by atoms with Gasteiger partial charge in [-0.1, -0.05) is 12.1 Å². The van der Waals surface area contributed by atoms with E-state index in [1.54, 1.807) is 30.6 Å². The lowest BCUT2D eigenvalue weighted by atomic mass is 10.1. The van der Waals surface area contributed by atoms with Crippen molar-refractivity contribution in [1.82, 2.24) is 9.88 Å². The number of aryl methyl sites for hydroxylation is 1. The van der Waals surface area contributed by atoms with E-state index in [2.05, 4.69) is 21.5 Å². The molecule has 0 aliphatic rings. The van der Waals surface area contributed by atoms with Gasteiger partial charge < -0.3 is 9.47 Å². The minimum absolute atomic E-state index is 0.175. The van der Waals surface area contributed by atoms with Gasteiger partial charge in [-0.3, -0.25) is 4.90 Å². The highest BCUT2D eigenvalue weighted by molar-refractivity contribution is 7.11. The monoisotopic (exact) mass is 370 g/mol. The first-order chi connectivity index (χ1) is 11.9. The zero-order valence-corrected chi connectivity index (χ0v) is 15.8. The number of aromatic nitrogens is 1. The van der Waals surface area contributed by atoms with Crippen molar-refractivity contribution in [1.29, 1.82) is 0 Å². The Balaban J connectivity index is 2.05. The quantitative estimate of drug-likeness (QED) is 0.654. The van der Waals surface area contributed by atoms with Crippen molar-refractivity contribution in [2.45, 2.75) is 39.5 Å². The maximum absolute atomic E-state index is 12.4. The van der Waals surface area contributed by atoms with Crippen LogP contribution in [0.2, 0.25) is 0 Å². The summed E-state index contributed by atoms with van der Waals surface area (Å²) < 4.78 is 34.3. The van der Waals surface area contributed by atoms with Gasteiger partial charge in [-0.15, -0.1) is 11.3 Å². The lowest BCUT2D eigenvalue weighted by molar-refractivity contribution is -0.0499. The van der Waals surface area contributed by atoms with E-state index in [-0.39, 0.29) is 11.8 Å². The Hall–Kier alpha value is -1.57. The second-order valence-corrected chi connectivity index (χ2v) is 7.03. The molecule has 0 bridgehead atoms. The molecule has 0 aliphatic heterocycles. The summed E-state index contributed by atoms with van der Waals surface area (Å²) in [4.78, 5) is 8.00. The second-order valence-electron chi connectivity index (χ2n) is 5.92. The van der Waals surface area contributed by atoms with Gasteiger partial charge in [-0.25, -0.2) is 4.98 Å². The molecule has 138 valence electrons. The number of hydrogen-bond acceptors (Lipinski definition) is 5. The molecular formula is C18H24F2N2O2S. The highest BCUT2D eigenvalue weighted by atomic mass is 32.1. The first-order valence-corrected chi connectivity index (χ1v) is 8.91. The molecule has 2 rings (SSSR count). The lowest BCUT2D eigenvalue weighted by Crippen LogP contribution is -2.21. The van der Waals surface area contributed by atoms with Crippen LogP contribution < -0.4 is 4.74 Å². The summed E-state index contributed by atoms with van der Waals surface area (Å²) in [6.07, 6.45) is 0.811. The Labute approximate surface area is 151 Å². The van der Waals surface area contributed by atoms with Crippen molar-refractivity contribution in [2.24, 2.45) is 0 Å². The molecule has 1 aromatic carbocycles. The van der Waals surface area contributed by atoms with Gasteiger partial charge in [-0.2, -0.15) is 8.78 Å². The van der Waals surface area contributed by atoms with Crippen LogP contribution in [0, 0.1) is 6.92 Å². The maximum atomic E-state index is 12.4. The van der Waals surface area contributed by atoms with E-state index in [1.165, 1.54) is 10.9 Å². The number of benzene rings is 1. The van der Waals surface area contributed by atoms with Gasteiger partial charge in [0.1, 0.15) is 5.75 Å². The minimum Gasteiger partial charge on any atom is -0.435 e. The topological polar surface area (TPSA) is 34.6 Å². The largest absolute Gasteiger partial charge is 0.435 e. The number of methoxy groups -OCH3 is 1. The van der Waals surface area contributed by atoms with Crippen LogP contribution in [0.3, 0.4) is 0 Å². The predicted octanol–water partition coefficient (Wildman–Crippen LogP) is 4.43.